The zero-order chi connectivity index (χ0) is 15.1. The second-order valence-corrected chi connectivity index (χ2v) is 3.91. The first-order chi connectivity index (χ1) is 9.40. The molecule has 0 bridgehead atoms. The minimum Gasteiger partial charge on any atom is -0.480 e. The molecular weight excluding hydrogens is 267 g/mol. The monoisotopic (exact) mass is 280 g/mol. The van der Waals surface area contributed by atoms with E-state index in [9.17, 15) is 18.8 Å². The molecule has 0 saturated heterocycles. The van der Waals surface area contributed by atoms with E-state index in [-0.39, 0.29) is 5.56 Å². The fourth-order valence-corrected chi connectivity index (χ4v) is 1.44. The number of amides is 2. The second kappa shape index (κ2) is 7.03. The first-order valence-corrected chi connectivity index (χ1v) is 5.61. The van der Waals surface area contributed by atoms with Gasteiger partial charge in [-0.2, -0.15) is 0 Å². The van der Waals surface area contributed by atoms with Gasteiger partial charge in [0.15, 0.2) is 0 Å². The van der Waals surface area contributed by atoms with Crippen molar-refractivity contribution in [1.29, 1.82) is 0 Å². The van der Waals surface area contributed by atoms with Gasteiger partial charge in [-0.1, -0.05) is 18.2 Å². The Bertz CT molecular complexity index is 541. The van der Waals surface area contributed by atoms with Gasteiger partial charge in [-0.15, -0.1) is 0 Å². The minimum atomic E-state index is -1.28. The lowest BCUT2D eigenvalue weighted by atomic mass is 10.2. The molecule has 106 valence electrons. The van der Waals surface area contributed by atoms with Crippen molar-refractivity contribution in [1.82, 2.24) is 4.90 Å². The molecule has 0 aliphatic carbocycles. The molecule has 0 heterocycles. The number of aliphatic carboxylic acids is 1. The predicted molar refractivity (Wildman–Crippen MR) is 68.8 cm³/mol. The van der Waals surface area contributed by atoms with Crippen LogP contribution in [0.15, 0.2) is 30.3 Å². The number of primary amides is 1. The molecule has 0 aromatic heterocycles. The average molecular weight is 280 g/mol. The first kappa shape index (κ1) is 15.4. The van der Waals surface area contributed by atoms with Gasteiger partial charge in [0.1, 0.15) is 18.9 Å². The summed E-state index contributed by atoms with van der Waals surface area (Å²) in [5.74, 6) is -3.37. The van der Waals surface area contributed by atoms with Crippen molar-refractivity contribution in [3.05, 3.63) is 41.7 Å². The van der Waals surface area contributed by atoms with Crippen molar-refractivity contribution in [3.63, 3.8) is 0 Å². The molecule has 7 heteroatoms. The fraction of sp³-hybridized carbons (Fsp3) is 0.154. The Morgan fingerprint density at radius 3 is 2.45 bits per heavy atom. The summed E-state index contributed by atoms with van der Waals surface area (Å²) in [5, 5.41) is 8.64. The third-order valence-corrected chi connectivity index (χ3v) is 2.30. The molecule has 1 rings (SSSR count). The number of carbonyl (C=O) groups is 3. The number of hydrogen-bond acceptors (Lipinski definition) is 3. The average Bonchev–Trinajstić information content (AvgIpc) is 2.35. The van der Waals surface area contributed by atoms with Gasteiger partial charge in [0.2, 0.25) is 11.8 Å². The highest BCUT2D eigenvalue weighted by Crippen LogP contribution is 2.08. The summed E-state index contributed by atoms with van der Waals surface area (Å²) in [5.41, 5.74) is 5.10. The van der Waals surface area contributed by atoms with Crippen molar-refractivity contribution in [2.75, 3.05) is 13.1 Å². The number of benzene rings is 1. The fourth-order valence-electron chi connectivity index (χ4n) is 1.44. The highest BCUT2D eigenvalue weighted by atomic mass is 19.1. The summed E-state index contributed by atoms with van der Waals surface area (Å²) in [6.45, 7) is -1.18. The van der Waals surface area contributed by atoms with Crippen molar-refractivity contribution < 1.29 is 23.9 Å². The Balaban J connectivity index is 2.82. The Hall–Kier alpha value is -2.70. The van der Waals surface area contributed by atoms with Crippen LogP contribution in [0, 0.1) is 5.82 Å². The molecule has 0 atom stereocenters. The molecule has 20 heavy (non-hydrogen) atoms. The Morgan fingerprint density at radius 1 is 1.25 bits per heavy atom. The van der Waals surface area contributed by atoms with Gasteiger partial charge < -0.3 is 15.7 Å². The molecule has 2 amide bonds. The highest BCUT2D eigenvalue weighted by molar-refractivity contribution is 5.95. The molecule has 1 aromatic rings. The first-order valence-electron chi connectivity index (χ1n) is 5.61. The molecular formula is C13H13FN2O4. The normalized spacial score (nSPS) is 10.4. The third kappa shape index (κ3) is 4.89. The van der Waals surface area contributed by atoms with Gasteiger partial charge in [0.25, 0.3) is 0 Å². The van der Waals surface area contributed by atoms with Crippen LogP contribution in [0.1, 0.15) is 5.56 Å². The van der Waals surface area contributed by atoms with Crippen LogP contribution >= 0.6 is 0 Å². The summed E-state index contributed by atoms with van der Waals surface area (Å²) in [6.07, 6.45) is 2.19. The van der Waals surface area contributed by atoms with Crippen molar-refractivity contribution in [3.8, 4) is 0 Å². The summed E-state index contributed by atoms with van der Waals surface area (Å²) in [7, 11) is 0. The summed E-state index contributed by atoms with van der Waals surface area (Å²) < 4.78 is 13.3. The molecule has 1 aromatic carbocycles. The quantitative estimate of drug-likeness (QED) is 0.729. The molecule has 3 N–H and O–H groups in total. The third-order valence-electron chi connectivity index (χ3n) is 2.30. The van der Waals surface area contributed by atoms with E-state index in [2.05, 4.69) is 0 Å². The van der Waals surface area contributed by atoms with Gasteiger partial charge in [0, 0.05) is 11.6 Å². The van der Waals surface area contributed by atoms with Crippen molar-refractivity contribution >= 4 is 23.9 Å². The number of carbonyl (C=O) groups excluding carboxylic acids is 2. The van der Waals surface area contributed by atoms with Gasteiger partial charge in [0.05, 0.1) is 0 Å². The van der Waals surface area contributed by atoms with Crippen LogP contribution in [0.3, 0.4) is 0 Å². The minimum absolute atomic E-state index is 0.176. The number of carboxylic acid groups (broad SMARTS) is 1. The Labute approximate surface area is 114 Å². The van der Waals surface area contributed by atoms with Crippen LogP contribution in [0.2, 0.25) is 0 Å². The molecule has 0 radical (unpaired) electrons. The molecule has 0 saturated carbocycles. The lowest BCUT2D eigenvalue weighted by Crippen LogP contribution is -2.40. The summed E-state index contributed by atoms with van der Waals surface area (Å²) >= 11 is 0. The molecule has 0 aliphatic heterocycles. The molecule has 6 nitrogen and oxygen atoms in total. The number of carboxylic acids is 1. The largest absolute Gasteiger partial charge is 0.480 e. The smallest absolute Gasteiger partial charge is 0.323 e. The van der Waals surface area contributed by atoms with E-state index in [1.54, 1.807) is 6.07 Å². The topological polar surface area (TPSA) is 101 Å². The lowest BCUT2D eigenvalue weighted by molar-refractivity contribution is -0.143. The van der Waals surface area contributed by atoms with Crippen LogP contribution in [-0.4, -0.2) is 40.9 Å². The maximum Gasteiger partial charge on any atom is 0.323 e. The summed E-state index contributed by atoms with van der Waals surface area (Å²) in [4.78, 5) is 33.9. The number of nitrogens with two attached hydrogens (primary N) is 1. The number of nitrogens with zero attached hydrogens (tertiary/aromatic N) is 1. The highest BCUT2D eigenvalue weighted by Gasteiger charge is 2.16. The number of hydrogen-bond donors (Lipinski definition) is 2. The van der Waals surface area contributed by atoms with Gasteiger partial charge in [-0.3, -0.25) is 14.4 Å². The summed E-state index contributed by atoms with van der Waals surface area (Å²) in [6, 6.07) is 5.77. The van der Waals surface area contributed by atoms with Crippen LogP contribution in [0.4, 0.5) is 4.39 Å². The predicted octanol–water partition coefficient (Wildman–Crippen LogP) is 0.237. The standard InChI is InChI=1S/C13H13FN2O4/c14-10-4-2-1-3-9(10)5-6-12(18)16(7-11(15)17)8-13(19)20/h1-6H,7-8H2,(H2,15,17)(H,19,20)/b6-5+. The van der Waals surface area contributed by atoms with Crippen LogP contribution < -0.4 is 5.73 Å². The maximum absolute atomic E-state index is 13.3. The van der Waals surface area contributed by atoms with E-state index in [0.29, 0.717) is 0 Å². The Kier molecular flexibility index (Phi) is 5.40. The van der Waals surface area contributed by atoms with Crippen LogP contribution in [-0.2, 0) is 14.4 Å². The SMILES string of the molecule is NC(=O)CN(CC(=O)O)C(=O)/C=C/c1ccccc1F. The Morgan fingerprint density at radius 2 is 1.90 bits per heavy atom. The van der Waals surface area contributed by atoms with Crippen LogP contribution in [0.5, 0.6) is 0 Å². The van der Waals surface area contributed by atoms with E-state index in [0.717, 1.165) is 11.0 Å². The lowest BCUT2D eigenvalue weighted by Gasteiger charge is -2.16. The van der Waals surface area contributed by atoms with Gasteiger partial charge in [-0.25, -0.2) is 4.39 Å². The van der Waals surface area contributed by atoms with Gasteiger partial charge in [-0.05, 0) is 12.1 Å². The molecule has 0 aliphatic rings. The van der Waals surface area contributed by atoms with E-state index < -0.39 is 36.7 Å². The number of halogens is 1. The molecule has 0 fully saturated rings. The van der Waals surface area contributed by atoms with E-state index in [1.165, 1.54) is 24.3 Å². The maximum atomic E-state index is 13.3. The van der Waals surface area contributed by atoms with E-state index >= 15 is 0 Å². The van der Waals surface area contributed by atoms with Gasteiger partial charge >= 0.3 is 5.97 Å². The molecule has 0 unspecified atom stereocenters. The second-order valence-electron chi connectivity index (χ2n) is 3.91. The van der Waals surface area contributed by atoms with E-state index in [1.807, 2.05) is 0 Å². The van der Waals surface area contributed by atoms with Crippen molar-refractivity contribution in [2.24, 2.45) is 5.73 Å². The van der Waals surface area contributed by atoms with Crippen LogP contribution in [0.25, 0.3) is 6.08 Å². The zero-order valence-electron chi connectivity index (χ0n) is 10.5. The number of rotatable bonds is 6. The molecule has 0 spiro atoms. The zero-order valence-corrected chi connectivity index (χ0v) is 10.5. The van der Waals surface area contributed by atoms with Crippen molar-refractivity contribution in [2.45, 2.75) is 0 Å². The van der Waals surface area contributed by atoms with E-state index in [4.69, 9.17) is 10.8 Å².